The molecule has 1 rings (SSSR count). The number of likely N-dealkylation sites (N-methyl/N-ethyl adjacent to an activating group) is 1. The van der Waals surface area contributed by atoms with Gasteiger partial charge in [-0.1, -0.05) is 13.8 Å². The minimum atomic E-state index is -0.555. The zero-order chi connectivity index (χ0) is 12.0. The number of ether oxygens (including phenoxy) is 1. The van der Waals surface area contributed by atoms with Crippen molar-refractivity contribution in [2.45, 2.75) is 38.4 Å². The highest BCUT2D eigenvalue weighted by Gasteiger charge is 2.23. The average molecular weight is 230 g/mol. The van der Waals surface area contributed by atoms with Gasteiger partial charge in [-0.25, -0.2) is 0 Å². The Balaban J connectivity index is 2.19. The molecule has 2 N–H and O–H groups in total. The van der Waals surface area contributed by atoms with Gasteiger partial charge >= 0.3 is 0 Å². The average Bonchev–Trinajstić information content (AvgIpc) is 2.29. The van der Waals surface area contributed by atoms with Crippen LogP contribution in [0.4, 0.5) is 0 Å². The van der Waals surface area contributed by atoms with Crippen LogP contribution in [0, 0.1) is 0 Å². The monoisotopic (exact) mass is 230 g/mol. The number of aliphatic hydroxyl groups is 1. The third kappa shape index (κ3) is 4.37. The summed E-state index contributed by atoms with van der Waals surface area (Å²) in [6.45, 7) is 8.34. The lowest BCUT2D eigenvalue weighted by Gasteiger charge is -2.32. The van der Waals surface area contributed by atoms with Gasteiger partial charge in [-0.15, -0.1) is 0 Å². The lowest BCUT2D eigenvalue weighted by molar-refractivity contribution is -0.0236. The van der Waals surface area contributed by atoms with Crippen LogP contribution in [0.2, 0.25) is 0 Å². The Kier molecular flexibility index (Phi) is 5.69. The highest BCUT2D eigenvalue weighted by atomic mass is 16.5. The van der Waals surface area contributed by atoms with Gasteiger partial charge in [0.15, 0.2) is 0 Å². The Morgan fingerprint density at radius 2 is 2.12 bits per heavy atom. The molecule has 4 nitrogen and oxygen atoms in total. The standard InChI is InChI=1S/C12H26N2O2/c1-4-12(15,5-2)10-13-8-11-9-14(3)6-7-16-11/h11,13,15H,4-10H2,1-3H3. The van der Waals surface area contributed by atoms with Crippen LogP contribution in [0.15, 0.2) is 0 Å². The van der Waals surface area contributed by atoms with Crippen LogP contribution in [-0.4, -0.2) is 61.5 Å². The number of morpholine rings is 1. The molecular formula is C12H26N2O2. The van der Waals surface area contributed by atoms with E-state index in [0.717, 1.165) is 39.1 Å². The van der Waals surface area contributed by atoms with Crippen molar-refractivity contribution in [3.05, 3.63) is 0 Å². The van der Waals surface area contributed by atoms with E-state index in [-0.39, 0.29) is 6.10 Å². The molecule has 4 heteroatoms. The quantitative estimate of drug-likeness (QED) is 0.696. The summed E-state index contributed by atoms with van der Waals surface area (Å²) in [4.78, 5) is 2.28. The smallest absolute Gasteiger partial charge is 0.0826 e. The van der Waals surface area contributed by atoms with Crippen molar-refractivity contribution in [2.24, 2.45) is 0 Å². The fourth-order valence-electron chi connectivity index (χ4n) is 1.96. The van der Waals surface area contributed by atoms with Crippen LogP contribution in [-0.2, 0) is 4.74 Å². The van der Waals surface area contributed by atoms with E-state index in [1.54, 1.807) is 0 Å². The van der Waals surface area contributed by atoms with Crippen molar-refractivity contribution in [2.75, 3.05) is 39.8 Å². The first kappa shape index (κ1) is 13.9. The molecule has 0 radical (unpaired) electrons. The second-order valence-electron chi connectivity index (χ2n) is 4.82. The molecular weight excluding hydrogens is 204 g/mol. The molecule has 1 aliphatic heterocycles. The molecule has 0 saturated carbocycles. The Hall–Kier alpha value is -0.160. The summed E-state index contributed by atoms with van der Waals surface area (Å²) < 4.78 is 5.64. The van der Waals surface area contributed by atoms with Crippen LogP contribution in [0.1, 0.15) is 26.7 Å². The topological polar surface area (TPSA) is 44.7 Å². The summed E-state index contributed by atoms with van der Waals surface area (Å²) in [7, 11) is 2.12. The SMILES string of the molecule is CCC(O)(CC)CNCC1CN(C)CCO1. The van der Waals surface area contributed by atoms with E-state index in [0.29, 0.717) is 6.54 Å². The first-order valence-electron chi connectivity index (χ1n) is 6.33. The molecule has 0 aromatic carbocycles. The molecule has 1 heterocycles. The first-order chi connectivity index (χ1) is 7.59. The second-order valence-corrected chi connectivity index (χ2v) is 4.82. The molecule has 1 atom stereocenters. The van der Waals surface area contributed by atoms with Gasteiger partial charge in [-0.05, 0) is 19.9 Å². The fourth-order valence-corrected chi connectivity index (χ4v) is 1.96. The molecule has 0 spiro atoms. The first-order valence-corrected chi connectivity index (χ1v) is 6.33. The van der Waals surface area contributed by atoms with E-state index >= 15 is 0 Å². The maximum atomic E-state index is 10.1. The molecule has 1 aliphatic rings. The summed E-state index contributed by atoms with van der Waals surface area (Å²) in [6.07, 6.45) is 1.85. The van der Waals surface area contributed by atoms with Crippen molar-refractivity contribution in [1.82, 2.24) is 10.2 Å². The van der Waals surface area contributed by atoms with Crippen molar-refractivity contribution in [3.8, 4) is 0 Å². The van der Waals surface area contributed by atoms with Crippen molar-refractivity contribution in [1.29, 1.82) is 0 Å². The maximum absolute atomic E-state index is 10.1. The van der Waals surface area contributed by atoms with E-state index in [1.165, 1.54) is 0 Å². The Bertz CT molecular complexity index is 195. The van der Waals surface area contributed by atoms with Gasteiger partial charge in [-0.3, -0.25) is 0 Å². The Labute approximate surface area is 99.0 Å². The van der Waals surface area contributed by atoms with Crippen molar-refractivity contribution >= 4 is 0 Å². The summed E-state index contributed by atoms with van der Waals surface area (Å²) in [5, 5.41) is 13.4. The molecule has 1 unspecified atom stereocenters. The number of hydrogen-bond donors (Lipinski definition) is 2. The Morgan fingerprint density at radius 1 is 1.44 bits per heavy atom. The predicted molar refractivity (Wildman–Crippen MR) is 65.6 cm³/mol. The normalized spacial score (nSPS) is 23.6. The van der Waals surface area contributed by atoms with E-state index in [2.05, 4.69) is 17.3 Å². The molecule has 0 bridgehead atoms. The largest absolute Gasteiger partial charge is 0.389 e. The molecule has 1 saturated heterocycles. The summed E-state index contributed by atoms with van der Waals surface area (Å²) in [5.41, 5.74) is -0.555. The van der Waals surface area contributed by atoms with Crippen molar-refractivity contribution < 1.29 is 9.84 Å². The summed E-state index contributed by atoms with van der Waals surface area (Å²) in [5.74, 6) is 0. The third-order valence-electron chi connectivity index (χ3n) is 3.48. The van der Waals surface area contributed by atoms with E-state index in [9.17, 15) is 5.11 Å². The Morgan fingerprint density at radius 3 is 2.69 bits per heavy atom. The minimum Gasteiger partial charge on any atom is -0.389 e. The summed E-state index contributed by atoms with van der Waals surface area (Å²) >= 11 is 0. The molecule has 16 heavy (non-hydrogen) atoms. The number of hydrogen-bond acceptors (Lipinski definition) is 4. The second kappa shape index (κ2) is 6.55. The molecule has 0 aliphatic carbocycles. The molecule has 0 aromatic rings. The third-order valence-corrected chi connectivity index (χ3v) is 3.48. The predicted octanol–water partition coefficient (Wildman–Crippen LogP) is 0.458. The van der Waals surface area contributed by atoms with Gasteiger partial charge in [0.2, 0.25) is 0 Å². The van der Waals surface area contributed by atoms with E-state index in [1.807, 2.05) is 13.8 Å². The fraction of sp³-hybridized carbons (Fsp3) is 1.00. The minimum absolute atomic E-state index is 0.261. The van der Waals surface area contributed by atoms with Crippen LogP contribution < -0.4 is 5.32 Å². The summed E-state index contributed by atoms with van der Waals surface area (Å²) in [6, 6.07) is 0. The van der Waals surface area contributed by atoms with Crippen LogP contribution in [0.25, 0.3) is 0 Å². The van der Waals surface area contributed by atoms with Crippen LogP contribution in [0.5, 0.6) is 0 Å². The van der Waals surface area contributed by atoms with Gasteiger partial charge in [0.05, 0.1) is 18.3 Å². The number of nitrogens with one attached hydrogen (secondary N) is 1. The van der Waals surface area contributed by atoms with Gasteiger partial charge in [0, 0.05) is 26.2 Å². The van der Waals surface area contributed by atoms with Crippen LogP contribution in [0.3, 0.4) is 0 Å². The zero-order valence-corrected chi connectivity index (χ0v) is 10.8. The number of rotatable bonds is 6. The molecule has 96 valence electrons. The van der Waals surface area contributed by atoms with E-state index in [4.69, 9.17) is 4.74 Å². The lowest BCUT2D eigenvalue weighted by Crippen LogP contribution is -2.48. The van der Waals surface area contributed by atoms with Gasteiger partial charge < -0.3 is 20.1 Å². The molecule has 0 aromatic heterocycles. The maximum Gasteiger partial charge on any atom is 0.0826 e. The van der Waals surface area contributed by atoms with Crippen molar-refractivity contribution in [3.63, 3.8) is 0 Å². The van der Waals surface area contributed by atoms with Gasteiger partial charge in [-0.2, -0.15) is 0 Å². The lowest BCUT2D eigenvalue weighted by atomic mass is 9.97. The zero-order valence-electron chi connectivity index (χ0n) is 10.8. The number of nitrogens with zero attached hydrogens (tertiary/aromatic N) is 1. The van der Waals surface area contributed by atoms with Gasteiger partial charge in [0.1, 0.15) is 0 Å². The highest BCUT2D eigenvalue weighted by molar-refractivity contribution is 4.79. The van der Waals surface area contributed by atoms with Gasteiger partial charge in [0.25, 0.3) is 0 Å². The molecule has 1 fully saturated rings. The molecule has 0 amide bonds. The highest BCUT2D eigenvalue weighted by Crippen LogP contribution is 2.13. The van der Waals surface area contributed by atoms with Crippen LogP contribution >= 0.6 is 0 Å². The van der Waals surface area contributed by atoms with E-state index < -0.39 is 5.60 Å².